The predicted molar refractivity (Wildman–Crippen MR) is 74.8 cm³/mol. The monoisotopic (exact) mass is 249 g/mol. The van der Waals surface area contributed by atoms with Crippen LogP contribution in [0.5, 0.6) is 0 Å². The normalized spacial score (nSPS) is 20.6. The molecule has 4 heteroatoms. The number of nitrogens with one attached hydrogen (secondary N) is 2. The number of hydrogen-bond acceptors (Lipinski definition) is 3. The Bertz CT molecular complexity index is 428. The minimum atomic E-state index is 0.387. The molecule has 0 radical (unpaired) electrons. The Hall–Kier alpha value is -1.13. The van der Waals surface area contributed by atoms with Crippen molar-refractivity contribution in [1.29, 1.82) is 0 Å². The van der Waals surface area contributed by atoms with Crippen molar-refractivity contribution in [3.8, 4) is 0 Å². The first-order valence-electron chi connectivity index (χ1n) is 5.92. The summed E-state index contributed by atoms with van der Waals surface area (Å²) < 4.78 is 0. The highest BCUT2D eigenvalue weighted by molar-refractivity contribution is 7.12. The quantitative estimate of drug-likeness (QED) is 0.637. The zero-order chi connectivity index (χ0) is 12.3. The van der Waals surface area contributed by atoms with Gasteiger partial charge < -0.3 is 10.6 Å². The summed E-state index contributed by atoms with van der Waals surface area (Å²) in [6.45, 7) is 10.0. The minimum absolute atomic E-state index is 0.387. The number of rotatable bonds is 3. The SMILES string of the molecule is C=C(C)NC(=NC1CCNC1)c1sccc1C. The van der Waals surface area contributed by atoms with Crippen LogP contribution >= 0.6 is 11.3 Å². The summed E-state index contributed by atoms with van der Waals surface area (Å²) in [7, 11) is 0. The first-order valence-corrected chi connectivity index (χ1v) is 6.80. The van der Waals surface area contributed by atoms with Gasteiger partial charge in [-0.1, -0.05) is 6.58 Å². The molecular weight excluding hydrogens is 230 g/mol. The molecule has 1 aromatic heterocycles. The largest absolute Gasteiger partial charge is 0.344 e. The topological polar surface area (TPSA) is 36.4 Å². The molecule has 2 N–H and O–H groups in total. The third-order valence-electron chi connectivity index (χ3n) is 2.75. The van der Waals surface area contributed by atoms with E-state index < -0.39 is 0 Å². The highest BCUT2D eigenvalue weighted by Crippen LogP contribution is 2.17. The van der Waals surface area contributed by atoms with E-state index in [0.717, 1.165) is 31.0 Å². The van der Waals surface area contributed by atoms with Gasteiger partial charge in [0.05, 0.1) is 10.9 Å². The minimum Gasteiger partial charge on any atom is -0.344 e. The fourth-order valence-corrected chi connectivity index (χ4v) is 2.77. The summed E-state index contributed by atoms with van der Waals surface area (Å²) in [5.41, 5.74) is 2.20. The Morgan fingerprint density at radius 1 is 1.65 bits per heavy atom. The molecule has 1 aromatic rings. The Morgan fingerprint density at radius 3 is 3.00 bits per heavy atom. The zero-order valence-corrected chi connectivity index (χ0v) is 11.2. The number of nitrogens with zero attached hydrogens (tertiary/aromatic N) is 1. The van der Waals surface area contributed by atoms with Gasteiger partial charge >= 0.3 is 0 Å². The van der Waals surface area contributed by atoms with E-state index in [0.29, 0.717) is 6.04 Å². The van der Waals surface area contributed by atoms with Gasteiger partial charge in [0.1, 0.15) is 5.84 Å². The molecule has 1 saturated heterocycles. The molecule has 1 atom stereocenters. The lowest BCUT2D eigenvalue weighted by atomic mass is 10.2. The summed E-state index contributed by atoms with van der Waals surface area (Å²) in [6.07, 6.45) is 1.12. The number of thiophene rings is 1. The molecule has 2 heterocycles. The Labute approximate surface area is 107 Å². The number of allylic oxidation sites excluding steroid dienone is 1. The van der Waals surface area contributed by atoms with Gasteiger partial charge in [0, 0.05) is 12.2 Å². The van der Waals surface area contributed by atoms with E-state index in [1.807, 2.05) is 6.92 Å². The van der Waals surface area contributed by atoms with Gasteiger partial charge in [-0.15, -0.1) is 11.3 Å². The fraction of sp³-hybridized carbons (Fsp3) is 0.462. The van der Waals surface area contributed by atoms with Gasteiger partial charge in [-0.25, -0.2) is 0 Å². The zero-order valence-electron chi connectivity index (χ0n) is 10.4. The van der Waals surface area contributed by atoms with Crippen molar-refractivity contribution in [3.63, 3.8) is 0 Å². The van der Waals surface area contributed by atoms with Crippen molar-refractivity contribution in [2.75, 3.05) is 13.1 Å². The lowest BCUT2D eigenvalue weighted by Crippen LogP contribution is -2.25. The van der Waals surface area contributed by atoms with Crippen LogP contribution in [0, 0.1) is 6.92 Å². The molecule has 0 spiro atoms. The first kappa shape index (κ1) is 12.3. The first-order chi connectivity index (χ1) is 8.16. The van der Waals surface area contributed by atoms with Crippen molar-refractivity contribution in [3.05, 3.63) is 34.2 Å². The molecule has 2 rings (SSSR count). The summed E-state index contributed by atoms with van der Waals surface area (Å²) in [6, 6.07) is 2.51. The molecule has 3 nitrogen and oxygen atoms in total. The van der Waals surface area contributed by atoms with E-state index >= 15 is 0 Å². The van der Waals surface area contributed by atoms with Crippen LogP contribution in [0.1, 0.15) is 23.8 Å². The lowest BCUT2D eigenvalue weighted by molar-refractivity contribution is 0.740. The summed E-state index contributed by atoms with van der Waals surface area (Å²) in [5.74, 6) is 0.971. The third-order valence-corrected chi connectivity index (χ3v) is 3.78. The van der Waals surface area contributed by atoms with Crippen molar-refractivity contribution >= 4 is 17.2 Å². The highest BCUT2D eigenvalue weighted by Gasteiger charge is 2.16. The van der Waals surface area contributed by atoms with E-state index in [2.05, 4.69) is 35.6 Å². The number of aliphatic imine (C=N–C) groups is 1. The molecule has 0 amide bonds. The summed E-state index contributed by atoms with van der Waals surface area (Å²) >= 11 is 1.73. The van der Waals surface area contributed by atoms with Crippen molar-refractivity contribution in [2.45, 2.75) is 26.3 Å². The van der Waals surface area contributed by atoms with Crippen LogP contribution < -0.4 is 10.6 Å². The van der Waals surface area contributed by atoms with Gasteiger partial charge in [0.2, 0.25) is 0 Å². The summed E-state index contributed by atoms with van der Waals surface area (Å²) in [4.78, 5) is 6.03. The maximum atomic E-state index is 4.81. The van der Waals surface area contributed by atoms with Crippen LogP contribution in [0.25, 0.3) is 0 Å². The molecule has 0 aromatic carbocycles. The maximum Gasteiger partial charge on any atom is 0.143 e. The van der Waals surface area contributed by atoms with Crippen LogP contribution in [0.2, 0.25) is 0 Å². The molecule has 1 fully saturated rings. The van der Waals surface area contributed by atoms with Crippen molar-refractivity contribution in [2.24, 2.45) is 4.99 Å². The molecule has 0 saturated carbocycles. The smallest absolute Gasteiger partial charge is 0.143 e. The second-order valence-corrected chi connectivity index (χ2v) is 5.38. The average Bonchev–Trinajstić information content (AvgIpc) is 2.87. The second-order valence-electron chi connectivity index (χ2n) is 4.46. The second kappa shape index (κ2) is 5.47. The standard InChI is InChI=1S/C13H19N3S/c1-9(2)15-13(12-10(3)5-7-17-12)16-11-4-6-14-8-11/h5,7,11,14H,1,4,6,8H2,2-3H3,(H,15,16). The van der Waals surface area contributed by atoms with Crippen LogP contribution in [-0.2, 0) is 0 Å². The van der Waals surface area contributed by atoms with E-state index in [1.54, 1.807) is 11.3 Å². The van der Waals surface area contributed by atoms with E-state index in [-0.39, 0.29) is 0 Å². The van der Waals surface area contributed by atoms with Crippen molar-refractivity contribution in [1.82, 2.24) is 10.6 Å². The van der Waals surface area contributed by atoms with Gasteiger partial charge in [-0.2, -0.15) is 0 Å². The van der Waals surface area contributed by atoms with Gasteiger partial charge in [-0.3, -0.25) is 4.99 Å². The molecule has 0 bridgehead atoms. The molecule has 0 aliphatic carbocycles. The van der Waals surface area contributed by atoms with Crippen LogP contribution in [0.4, 0.5) is 0 Å². The van der Waals surface area contributed by atoms with E-state index in [9.17, 15) is 0 Å². The Morgan fingerprint density at radius 2 is 2.47 bits per heavy atom. The predicted octanol–water partition coefficient (Wildman–Crippen LogP) is 2.29. The van der Waals surface area contributed by atoms with Crippen molar-refractivity contribution < 1.29 is 0 Å². The van der Waals surface area contributed by atoms with Gasteiger partial charge in [-0.05, 0) is 43.8 Å². The van der Waals surface area contributed by atoms with Crippen LogP contribution in [0.15, 0.2) is 28.7 Å². The summed E-state index contributed by atoms with van der Waals surface area (Å²) in [5, 5.41) is 8.73. The Balaban J connectivity index is 2.24. The molecule has 1 unspecified atom stereocenters. The molecule has 1 aliphatic rings. The fourth-order valence-electron chi connectivity index (χ4n) is 1.90. The molecular formula is C13H19N3S. The number of amidine groups is 1. The Kier molecular flexibility index (Phi) is 3.97. The third kappa shape index (κ3) is 3.17. The number of aryl methyl sites for hydroxylation is 1. The van der Waals surface area contributed by atoms with Crippen LogP contribution in [-0.4, -0.2) is 25.0 Å². The number of hydrogen-bond donors (Lipinski definition) is 2. The van der Waals surface area contributed by atoms with E-state index in [1.165, 1.54) is 10.4 Å². The van der Waals surface area contributed by atoms with Gasteiger partial charge in [0.15, 0.2) is 0 Å². The maximum absolute atomic E-state index is 4.81. The molecule has 17 heavy (non-hydrogen) atoms. The lowest BCUT2D eigenvalue weighted by Gasteiger charge is -2.11. The van der Waals surface area contributed by atoms with E-state index in [4.69, 9.17) is 4.99 Å². The van der Waals surface area contributed by atoms with Gasteiger partial charge in [0.25, 0.3) is 0 Å². The highest BCUT2D eigenvalue weighted by atomic mass is 32.1. The molecule has 1 aliphatic heterocycles. The average molecular weight is 249 g/mol. The molecule has 92 valence electrons. The van der Waals surface area contributed by atoms with Crippen LogP contribution in [0.3, 0.4) is 0 Å².